The fourth-order valence-corrected chi connectivity index (χ4v) is 0. The van der Waals surface area contributed by atoms with Gasteiger partial charge in [-0.3, -0.25) is 0 Å². The monoisotopic (exact) mass is 120 g/mol. The van der Waals surface area contributed by atoms with E-state index < -0.39 is 7.32 Å². The van der Waals surface area contributed by atoms with Crippen molar-refractivity contribution in [2.24, 2.45) is 0 Å². The molecular weight excluding hydrogens is 117 g/mol. The van der Waals surface area contributed by atoms with Crippen molar-refractivity contribution >= 4 is 7.32 Å². The van der Waals surface area contributed by atoms with Crippen molar-refractivity contribution in [1.82, 2.24) is 0 Å². The predicted molar refractivity (Wildman–Crippen MR) is 12.4 cm³/mol. The van der Waals surface area contributed by atoms with E-state index in [9.17, 15) is 0 Å². The Hall–Kier alpha value is 1.51. The largest absolute Gasteiger partial charge is 1.00 e. The third-order valence-corrected chi connectivity index (χ3v) is 0. The molecule has 0 atom stereocenters. The zero-order chi connectivity index (χ0) is 3.58. The molecule has 0 saturated heterocycles. The fourth-order valence-electron chi connectivity index (χ4n) is 0. The summed E-state index contributed by atoms with van der Waals surface area (Å²) in [6.45, 7) is 0. The third-order valence-electron chi connectivity index (χ3n) is 0. The molecule has 0 aliphatic heterocycles. The minimum Gasteiger partial charge on any atom is -1.00 e. The summed E-state index contributed by atoms with van der Waals surface area (Å²) in [4.78, 5) is 0. The second-order valence-corrected chi connectivity index (χ2v) is 0.346. The van der Waals surface area contributed by atoms with Crippen LogP contribution in [-0.2, 0) is 0 Å². The van der Waals surface area contributed by atoms with Crippen molar-refractivity contribution in [1.29, 1.82) is 0 Å². The minimum atomic E-state index is -2.17. The van der Waals surface area contributed by atoms with Gasteiger partial charge in [0.05, 0.1) is 0 Å². The first-order chi connectivity index (χ1) is 1.73. The molecule has 3 N–H and O–H groups in total. The first-order valence-corrected chi connectivity index (χ1v) is 0.775. The molecule has 0 saturated carbocycles. The molecule has 0 heterocycles. The topological polar surface area (TPSA) is 60.7 Å². The van der Waals surface area contributed by atoms with Gasteiger partial charge in [-0.05, 0) is 0 Å². The molecule has 0 amide bonds. The van der Waals surface area contributed by atoms with Crippen molar-refractivity contribution in [3.8, 4) is 0 Å². The van der Waals surface area contributed by atoms with Gasteiger partial charge in [-0.1, -0.05) is 0 Å². The zero-order valence-electron chi connectivity index (χ0n) is 3.30. The maximum Gasteiger partial charge on any atom is 1.00 e. The second kappa shape index (κ2) is 9.72. The van der Waals surface area contributed by atoms with Gasteiger partial charge < -0.3 is 19.8 Å². The number of halogens is 1. The molecule has 0 aromatic carbocycles. The molecule has 0 spiro atoms. The molecule has 0 fully saturated rings. The summed E-state index contributed by atoms with van der Waals surface area (Å²) in [6.07, 6.45) is 0. The first kappa shape index (κ1) is 15.6. The Labute approximate surface area is 77.3 Å². The molecule has 0 rings (SSSR count). The van der Waals surface area contributed by atoms with Crippen LogP contribution in [0.2, 0.25) is 0 Å². The molecule has 0 aromatic rings. The van der Waals surface area contributed by atoms with Gasteiger partial charge in [0.1, 0.15) is 0 Å². The molecule has 6 heteroatoms. The van der Waals surface area contributed by atoms with Gasteiger partial charge in [0.2, 0.25) is 0 Å². The second-order valence-electron chi connectivity index (χ2n) is 0.346. The molecule has 0 aliphatic rings. The van der Waals surface area contributed by atoms with E-state index in [4.69, 9.17) is 15.1 Å². The van der Waals surface area contributed by atoms with Crippen LogP contribution in [0, 0.1) is 0 Å². The van der Waals surface area contributed by atoms with Crippen LogP contribution < -0.4 is 56.1 Å². The third kappa shape index (κ3) is 49.1. The van der Waals surface area contributed by atoms with E-state index in [0.29, 0.717) is 0 Å². The first-order valence-electron chi connectivity index (χ1n) is 0.775. The van der Waals surface area contributed by atoms with E-state index in [1.54, 1.807) is 0 Å². The summed E-state index contributed by atoms with van der Waals surface area (Å²) in [5.41, 5.74) is 0. The Morgan fingerprint density at radius 2 is 1.00 bits per heavy atom. The van der Waals surface area contributed by atoms with E-state index in [-0.39, 0.29) is 56.1 Å². The standard InChI is InChI=1S/BH3O3.FH.K/c2-1(3)4;;/h2-4H;1H;/q;;+1/p-1. The summed E-state index contributed by atoms with van der Waals surface area (Å²) in [6, 6.07) is 0. The molecule has 0 aliphatic carbocycles. The Bertz CT molecular complexity index is 15.5. The summed E-state index contributed by atoms with van der Waals surface area (Å²) >= 11 is 0. The van der Waals surface area contributed by atoms with Crippen LogP contribution in [0.5, 0.6) is 0 Å². The van der Waals surface area contributed by atoms with Crippen LogP contribution in [0.4, 0.5) is 0 Å². The van der Waals surface area contributed by atoms with Crippen LogP contribution in [0.3, 0.4) is 0 Å². The molecular formula is H3BFKO3. The Morgan fingerprint density at radius 1 is 1.00 bits per heavy atom. The Kier molecular flexibility index (Phi) is 25.3. The van der Waals surface area contributed by atoms with Crippen molar-refractivity contribution in [3.63, 3.8) is 0 Å². The number of rotatable bonds is 0. The van der Waals surface area contributed by atoms with Crippen LogP contribution in [0.15, 0.2) is 0 Å². The molecule has 0 unspecified atom stereocenters. The minimum absolute atomic E-state index is 0. The summed E-state index contributed by atoms with van der Waals surface area (Å²) in [5.74, 6) is 0. The molecule has 6 heavy (non-hydrogen) atoms. The van der Waals surface area contributed by atoms with Gasteiger partial charge in [-0.15, -0.1) is 0 Å². The normalized spacial score (nSPS) is 4.50. The van der Waals surface area contributed by atoms with Crippen LogP contribution in [-0.4, -0.2) is 22.4 Å². The van der Waals surface area contributed by atoms with E-state index in [1.807, 2.05) is 0 Å². The van der Waals surface area contributed by atoms with E-state index >= 15 is 0 Å². The maximum atomic E-state index is 7.17. The molecule has 3 nitrogen and oxygen atoms in total. The molecule has 0 radical (unpaired) electrons. The van der Waals surface area contributed by atoms with E-state index in [2.05, 4.69) is 0 Å². The predicted octanol–water partition coefficient (Wildman–Crippen LogP) is -8.04. The summed E-state index contributed by atoms with van der Waals surface area (Å²) in [5, 5.41) is 21.5. The van der Waals surface area contributed by atoms with E-state index in [1.165, 1.54) is 0 Å². The van der Waals surface area contributed by atoms with Gasteiger partial charge in [0.25, 0.3) is 0 Å². The number of hydrogen-bond donors (Lipinski definition) is 3. The van der Waals surface area contributed by atoms with Crippen LogP contribution in [0.1, 0.15) is 0 Å². The Morgan fingerprint density at radius 3 is 1.00 bits per heavy atom. The zero-order valence-corrected chi connectivity index (χ0v) is 6.42. The maximum absolute atomic E-state index is 7.17. The van der Waals surface area contributed by atoms with Crippen molar-refractivity contribution in [2.75, 3.05) is 0 Å². The number of hydrogen-bond acceptors (Lipinski definition) is 3. The molecule has 0 aromatic heterocycles. The Balaban J connectivity index is -0.0000000450. The average molecular weight is 120 g/mol. The van der Waals surface area contributed by atoms with Crippen molar-refractivity contribution in [2.45, 2.75) is 0 Å². The van der Waals surface area contributed by atoms with Gasteiger partial charge in [0.15, 0.2) is 0 Å². The van der Waals surface area contributed by atoms with Crippen molar-refractivity contribution < 1.29 is 71.2 Å². The van der Waals surface area contributed by atoms with Gasteiger partial charge in [0, 0.05) is 0 Å². The van der Waals surface area contributed by atoms with Crippen LogP contribution >= 0.6 is 0 Å². The van der Waals surface area contributed by atoms with Crippen LogP contribution in [0.25, 0.3) is 0 Å². The smallest absolute Gasteiger partial charge is 1.00 e. The summed E-state index contributed by atoms with van der Waals surface area (Å²) in [7, 11) is -2.17. The van der Waals surface area contributed by atoms with Gasteiger partial charge in [-0.25, -0.2) is 0 Å². The quantitative estimate of drug-likeness (QED) is 0.278. The molecule has 32 valence electrons. The van der Waals surface area contributed by atoms with Crippen molar-refractivity contribution in [3.05, 3.63) is 0 Å². The van der Waals surface area contributed by atoms with Gasteiger partial charge in [-0.2, -0.15) is 0 Å². The summed E-state index contributed by atoms with van der Waals surface area (Å²) < 4.78 is 0. The molecule has 0 bridgehead atoms. The van der Waals surface area contributed by atoms with E-state index in [0.717, 1.165) is 0 Å². The van der Waals surface area contributed by atoms with Gasteiger partial charge >= 0.3 is 58.7 Å². The average Bonchev–Trinajstić information content (AvgIpc) is 0.811. The fraction of sp³-hybridized carbons (Fsp3) is 0. The SMILES string of the molecule is OB(O)O.[F-].[K+].